The van der Waals surface area contributed by atoms with E-state index in [2.05, 4.69) is 15.2 Å². The van der Waals surface area contributed by atoms with Crippen molar-refractivity contribution in [3.63, 3.8) is 0 Å². The molecular weight excluding hydrogens is 514 g/mol. The van der Waals surface area contributed by atoms with E-state index in [1.165, 1.54) is 6.07 Å². The van der Waals surface area contributed by atoms with Crippen LogP contribution in [-0.2, 0) is 21.1 Å². The number of benzene rings is 1. The van der Waals surface area contributed by atoms with Gasteiger partial charge in [-0.25, -0.2) is 18.4 Å². The number of nitrogens with one attached hydrogen (secondary N) is 1. The third-order valence-electron chi connectivity index (χ3n) is 7.51. The first-order chi connectivity index (χ1) is 18.7. The molecule has 4 aromatic rings. The van der Waals surface area contributed by atoms with E-state index in [4.69, 9.17) is 14.7 Å². The molecule has 0 aliphatic carbocycles. The lowest BCUT2D eigenvalue weighted by Gasteiger charge is -2.38. The minimum Gasteiger partial charge on any atom is -0.373 e. The Kier molecular flexibility index (Phi) is 6.31. The molecular formula is C29H29N5O4S. The molecule has 2 fully saturated rings. The molecule has 0 saturated carbocycles. The number of sulfone groups is 1. The largest absolute Gasteiger partial charge is 0.373 e. The molecule has 200 valence electrons. The summed E-state index contributed by atoms with van der Waals surface area (Å²) < 4.78 is 29.9. The predicted octanol–water partition coefficient (Wildman–Crippen LogP) is 3.70. The normalized spacial score (nSPS) is 18.9. The van der Waals surface area contributed by atoms with E-state index in [-0.39, 0.29) is 28.5 Å². The van der Waals surface area contributed by atoms with E-state index in [0.717, 1.165) is 66.9 Å². The molecule has 2 aliphatic heterocycles. The van der Waals surface area contributed by atoms with Gasteiger partial charge in [0.05, 0.1) is 46.2 Å². The van der Waals surface area contributed by atoms with Crippen molar-refractivity contribution in [2.24, 2.45) is 0 Å². The first kappa shape index (κ1) is 25.4. The van der Waals surface area contributed by atoms with Gasteiger partial charge in [-0.1, -0.05) is 12.1 Å². The van der Waals surface area contributed by atoms with Crippen molar-refractivity contribution in [3.8, 4) is 11.4 Å². The topological polar surface area (TPSA) is 114 Å². The average Bonchev–Trinajstić information content (AvgIpc) is 3.38. The van der Waals surface area contributed by atoms with Crippen LogP contribution in [-0.4, -0.2) is 60.8 Å². The number of amides is 1. The lowest BCUT2D eigenvalue weighted by Crippen LogP contribution is -2.46. The van der Waals surface area contributed by atoms with Gasteiger partial charge in [0.25, 0.3) is 5.91 Å². The summed E-state index contributed by atoms with van der Waals surface area (Å²) in [5.41, 5.74) is 3.82. The highest BCUT2D eigenvalue weighted by Crippen LogP contribution is 2.37. The zero-order chi connectivity index (χ0) is 27.2. The molecule has 9 nitrogen and oxygen atoms in total. The van der Waals surface area contributed by atoms with Gasteiger partial charge in [-0.3, -0.25) is 9.78 Å². The van der Waals surface area contributed by atoms with Crippen LogP contribution < -0.4 is 10.2 Å². The molecule has 1 N–H and O–H groups in total. The first-order valence-corrected chi connectivity index (χ1v) is 14.8. The Labute approximate surface area is 227 Å². The molecule has 3 aromatic heterocycles. The molecule has 2 aliphatic rings. The van der Waals surface area contributed by atoms with Crippen LogP contribution in [0.2, 0.25) is 0 Å². The van der Waals surface area contributed by atoms with Crippen molar-refractivity contribution in [1.82, 2.24) is 20.3 Å². The first-order valence-electron chi connectivity index (χ1n) is 12.9. The summed E-state index contributed by atoms with van der Waals surface area (Å²) >= 11 is 0. The number of anilines is 1. The summed E-state index contributed by atoms with van der Waals surface area (Å²) in [6, 6.07) is 16.4. The maximum absolute atomic E-state index is 12.7. The van der Waals surface area contributed by atoms with E-state index in [9.17, 15) is 13.2 Å². The van der Waals surface area contributed by atoms with Crippen molar-refractivity contribution in [3.05, 3.63) is 77.6 Å². The van der Waals surface area contributed by atoms with Crippen LogP contribution in [0.25, 0.3) is 22.3 Å². The maximum Gasteiger partial charge on any atom is 0.251 e. The number of fused-ring (bicyclic) bond motifs is 1. The number of aromatic nitrogens is 3. The summed E-state index contributed by atoms with van der Waals surface area (Å²) in [6.07, 6.45) is 5.00. The number of carbonyl (C=O) groups excluding carboxylic acids is 1. The second kappa shape index (κ2) is 9.69. The number of hydrogen-bond acceptors (Lipinski definition) is 8. The molecule has 1 unspecified atom stereocenters. The molecule has 10 heteroatoms. The number of ether oxygens (including phenoxy) is 1. The highest BCUT2D eigenvalue weighted by atomic mass is 32.2. The zero-order valence-corrected chi connectivity index (χ0v) is 22.7. The zero-order valence-electron chi connectivity index (χ0n) is 21.8. The monoisotopic (exact) mass is 543 g/mol. The van der Waals surface area contributed by atoms with Crippen LogP contribution in [0.3, 0.4) is 0 Å². The standard InChI is InChI=1S/C29H29N5O4S/c1-19-6-7-20(14-26(19)39(2,36)37)28(35)31-17-22-15-25-21(16-30-22)8-9-24(32-25)23-4-3-5-27(33-23)34-12-10-29(18-34)11-13-38-29/h3-9,14-16H,10-13,17-18H2,1-2H3,(H,31,35). The summed E-state index contributed by atoms with van der Waals surface area (Å²) in [7, 11) is -3.43. The van der Waals surface area contributed by atoms with Crippen LogP contribution in [0, 0.1) is 6.92 Å². The highest BCUT2D eigenvalue weighted by Gasteiger charge is 2.44. The highest BCUT2D eigenvalue weighted by molar-refractivity contribution is 7.90. The molecule has 1 aromatic carbocycles. The van der Waals surface area contributed by atoms with E-state index < -0.39 is 9.84 Å². The fourth-order valence-electron chi connectivity index (χ4n) is 5.21. The van der Waals surface area contributed by atoms with Crippen LogP contribution in [0.5, 0.6) is 0 Å². The van der Waals surface area contributed by atoms with Crippen LogP contribution in [0.1, 0.15) is 34.5 Å². The second-order valence-electron chi connectivity index (χ2n) is 10.3. The van der Waals surface area contributed by atoms with Gasteiger partial charge in [-0.2, -0.15) is 0 Å². The van der Waals surface area contributed by atoms with E-state index >= 15 is 0 Å². The van der Waals surface area contributed by atoms with Gasteiger partial charge in [-0.05, 0) is 61.4 Å². The minimum absolute atomic E-state index is 0.00710. The number of pyridine rings is 3. The lowest BCUT2D eigenvalue weighted by molar-refractivity contribution is -0.130. The molecule has 6 rings (SSSR count). The third kappa shape index (κ3) is 5.09. The SMILES string of the molecule is Cc1ccc(C(=O)NCc2cc3nc(-c4cccc(N5CCC6(CCO6)C5)n4)ccc3cn2)cc1S(C)(=O)=O. The number of nitrogens with zero attached hydrogens (tertiary/aromatic N) is 4. The Morgan fingerprint density at radius 1 is 1.08 bits per heavy atom. The van der Waals surface area contributed by atoms with Crippen molar-refractivity contribution < 1.29 is 17.9 Å². The van der Waals surface area contributed by atoms with Gasteiger partial charge >= 0.3 is 0 Å². The average molecular weight is 544 g/mol. The quantitative estimate of drug-likeness (QED) is 0.392. The van der Waals surface area contributed by atoms with E-state index in [1.807, 2.05) is 36.4 Å². The van der Waals surface area contributed by atoms with Gasteiger partial charge in [0.15, 0.2) is 9.84 Å². The molecule has 0 bridgehead atoms. The number of rotatable bonds is 6. The minimum atomic E-state index is -3.43. The van der Waals surface area contributed by atoms with Crippen LogP contribution in [0.15, 0.2) is 65.7 Å². The number of hydrogen-bond donors (Lipinski definition) is 1. The Morgan fingerprint density at radius 3 is 2.64 bits per heavy atom. The van der Waals surface area contributed by atoms with Crippen LogP contribution in [0.4, 0.5) is 5.82 Å². The summed E-state index contributed by atoms with van der Waals surface area (Å²) in [4.78, 5) is 29.4. The van der Waals surface area contributed by atoms with Gasteiger partial charge < -0.3 is 15.0 Å². The summed E-state index contributed by atoms with van der Waals surface area (Å²) in [5.74, 6) is 0.551. The van der Waals surface area contributed by atoms with Gasteiger partial charge in [0, 0.05) is 42.9 Å². The van der Waals surface area contributed by atoms with Gasteiger partial charge in [0.1, 0.15) is 5.82 Å². The Bertz CT molecular complexity index is 1700. The molecule has 2 saturated heterocycles. The van der Waals surface area contributed by atoms with E-state index in [0.29, 0.717) is 11.3 Å². The Hall–Kier alpha value is -3.89. The second-order valence-corrected chi connectivity index (χ2v) is 12.3. The van der Waals surface area contributed by atoms with Crippen molar-refractivity contribution in [1.29, 1.82) is 0 Å². The van der Waals surface area contributed by atoms with Crippen molar-refractivity contribution in [2.45, 2.75) is 36.8 Å². The summed E-state index contributed by atoms with van der Waals surface area (Å²) in [6.45, 7) is 4.53. The lowest BCUT2D eigenvalue weighted by atomic mass is 9.94. The smallest absolute Gasteiger partial charge is 0.251 e. The fourth-order valence-corrected chi connectivity index (χ4v) is 6.20. The predicted molar refractivity (Wildman–Crippen MR) is 148 cm³/mol. The summed E-state index contributed by atoms with van der Waals surface area (Å²) in [5, 5.41) is 3.71. The van der Waals surface area contributed by atoms with E-state index in [1.54, 1.807) is 25.3 Å². The fraction of sp³-hybridized carbons (Fsp3) is 0.310. The van der Waals surface area contributed by atoms with Gasteiger partial charge in [0.2, 0.25) is 0 Å². The molecule has 1 amide bonds. The molecule has 5 heterocycles. The van der Waals surface area contributed by atoms with Crippen molar-refractivity contribution in [2.75, 3.05) is 30.9 Å². The van der Waals surface area contributed by atoms with Gasteiger partial charge in [-0.15, -0.1) is 0 Å². The maximum atomic E-state index is 12.7. The molecule has 39 heavy (non-hydrogen) atoms. The Morgan fingerprint density at radius 2 is 1.90 bits per heavy atom. The molecule has 1 atom stereocenters. The number of aryl methyl sites for hydroxylation is 1. The Balaban J connectivity index is 1.19. The molecule has 0 radical (unpaired) electrons. The third-order valence-corrected chi connectivity index (χ3v) is 8.75. The molecule has 1 spiro atoms. The van der Waals surface area contributed by atoms with Crippen LogP contribution >= 0.6 is 0 Å². The van der Waals surface area contributed by atoms with Crippen molar-refractivity contribution >= 4 is 32.5 Å². The number of carbonyl (C=O) groups is 1.